The van der Waals surface area contributed by atoms with Gasteiger partial charge in [-0.3, -0.25) is 4.79 Å². The Morgan fingerprint density at radius 3 is 2.55 bits per heavy atom. The summed E-state index contributed by atoms with van der Waals surface area (Å²) in [6.07, 6.45) is 6.06. The van der Waals surface area contributed by atoms with E-state index in [-0.39, 0.29) is 11.3 Å². The van der Waals surface area contributed by atoms with Gasteiger partial charge in [0.15, 0.2) is 6.10 Å². The Labute approximate surface area is 173 Å². The molecule has 1 unspecified atom stereocenters. The van der Waals surface area contributed by atoms with Crippen LogP contribution in [0.1, 0.15) is 49.3 Å². The Kier molecular flexibility index (Phi) is 6.19. The van der Waals surface area contributed by atoms with Crippen molar-refractivity contribution < 1.29 is 14.3 Å². The highest BCUT2D eigenvalue weighted by atomic mass is 16.5. The predicted molar refractivity (Wildman–Crippen MR) is 114 cm³/mol. The van der Waals surface area contributed by atoms with Gasteiger partial charge in [-0.2, -0.15) is 0 Å². The molecule has 4 heteroatoms. The number of fused-ring (bicyclic) bond motifs is 1. The largest absolute Gasteiger partial charge is 0.481 e. The van der Waals surface area contributed by atoms with E-state index in [1.807, 2.05) is 19.1 Å². The highest BCUT2D eigenvalue weighted by Crippen LogP contribution is 2.34. The van der Waals surface area contributed by atoms with Crippen LogP contribution in [0.4, 0.5) is 0 Å². The number of carbonyl (C=O) groups excluding carboxylic acids is 1. The molecule has 1 N–H and O–H groups in total. The normalized spacial score (nSPS) is 19.1. The van der Waals surface area contributed by atoms with Gasteiger partial charge in [-0.25, -0.2) is 0 Å². The molecular weight excluding hydrogens is 362 g/mol. The van der Waals surface area contributed by atoms with Crippen LogP contribution in [0.25, 0.3) is 0 Å². The molecule has 1 heterocycles. The molecule has 0 bridgehead atoms. The lowest BCUT2D eigenvalue weighted by Gasteiger charge is -2.38. The minimum absolute atomic E-state index is 0.0653. The first-order valence-corrected chi connectivity index (χ1v) is 10.9. The van der Waals surface area contributed by atoms with Crippen molar-refractivity contribution in [3.8, 4) is 5.75 Å². The summed E-state index contributed by atoms with van der Waals surface area (Å²) < 4.78 is 11.6. The lowest BCUT2D eigenvalue weighted by atomic mass is 9.74. The van der Waals surface area contributed by atoms with E-state index in [9.17, 15) is 4.79 Å². The molecule has 1 amide bonds. The lowest BCUT2D eigenvalue weighted by molar-refractivity contribution is -0.127. The van der Waals surface area contributed by atoms with E-state index in [0.717, 1.165) is 44.6 Å². The molecule has 4 nitrogen and oxygen atoms in total. The van der Waals surface area contributed by atoms with Gasteiger partial charge in [-0.15, -0.1) is 0 Å². The van der Waals surface area contributed by atoms with E-state index in [1.165, 1.54) is 29.5 Å². The quantitative estimate of drug-likeness (QED) is 0.800. The maximum Gasteiger partial charge on any atom is 0.260 e. The molecule has 1 aliphatic heterocycles. The van der Waals surface area contributed by atoms with Gasteiger partial charge < -0.3 is 14.8 Å². The minimum Gasteiger partial charge on any atom is -0.481 e. The number of hydrogen-bond donors (Lipinski definition) is 1. The predicted octanol–water partition coefficient (Wildman–Crippen LogP) is 4.20. The number of benzene rings is 2. The van der Waals surface area contributed by atoms with Crippen LogP contribution in [0.5, 0.6) is 5.75 Å². The Bertz CT molecular complexity index is 827. The minimum atomic E-state index is -0.524. The summed E-state index contributed by atoms with van der Waals surface area (Å²) in [6, 6.07) is 16.7. The second-order valence-corrected chi connectivity index (χ2v) is 8.37. The van der Waals surface area contributed by atoms with Gasteiger partial charge in [0, 0.05) is 25.2 Å². The Balaban J connectivity index is 1.39. The molecule has 4 rings (SSSR count). The third kappa shape index (κ3) is 4.64. The fourth-order valence-electron chi connectivity index (χ4n) is 4.56. The molecule has 0 aromatic heterocycles. The standard InChI is InChI=1S/C25H31NO3/c1-19(29-23-12-11-20-7-5-6-8-21(20)17-23)24(27)26-18-25(13-15-28-16-14-25)22-9-3-2-4-10-22/h2-4,9-12,17,19H,5-8,13-16,18H2,1H3,(H,26,27). The van der Waals surface area contributed by atoms with Gasteiger partial charge in [0.2, 0.25) is 0 Å². The number of aryl methyl sites for hydroxylation is 2. The van der Waals surface area contributed by atoms with Crippen LogP contribution in [0.15, 0.2) is 48.5 Å². The van der Waals surface area contributed by atoms with E-state index in [2.05, 4.69) is 41.7 Å². The molecule has 29 heavy (non-hydrogen) atoms. The summed E-state index contributed by atoms with van der Waals surface area (Å²) in [5.41, 5.74) is 3.99. The van der Waals surface area contributed by atoms with Crippen molar-refractivity contribution in [3.63, 3.8) is 0 Å². The fourth-order valence-corrected chi connectivity index (χ4v) is 4.56. The number of nitrogens with one attached hydrogen (secondary N) is 1. The maximum atomic E-state index is 12.8. The van der Waals surface area contributed by atoms with Crippen molar-refractivity contribution in [2.45, 2.75) is 57.0 Å². The second-order valence-electron chi connectivity index (χ2n) is 8.37. The first-order valence-electron chi connectivity index (χ1n) is 10.9. The zero-order valence-corrected chi connectivity index (χ0v) is 17.3. The Morgan fingerprint density at radius 1 is 1.07 bits per heavy atom. The highest BCUT2D eigenvalue weighted by molar-refractivity contribution is 5.80. The molecule has 2 aromatic carbocycles. The monoisotopic (exact) mass is 393 g/mol. The number of carbonyl (C=O) groups is 1. The first kappa shape index (κ1) is 20.0. The van der Waals surface area contributed by atoms with Gasteiger partial charge >= 0.3 is 0 Å². The van der Waals surface area contributed by atoms with Crippen molar-refractivity contribution in [3.05, 3.63) is 65.2 Å². The summed E-state index contributed by atoms with van der Waals surface area (Å²) in [5, 5.41) is 3.15. The van der Waals surface area contributed by atoms with Gasteiger partial charge in [0.25, 0.3) is 5.91 Å². The average Bonchev–Trinajstić information content (AvgIpc) is 2.78. The molecule has 0 radical (unpaired) electrons. The summed E-state index contributed by atoms with van der Waals surface area (Å²) in [5.74, 6) is 0.724. The van der Waals surface area contributed by atoms with Crippen LogP contribution in [0.2, 0.25) is 0 Å². The molecular formula is C25H31NO3. The number of hydrogen-bond acceptors (Lipinski definition) is 3. The third-order valence-electron chi connectivity index (χ3n) is 6.44. The zero-order chi connectivity index (χ0) is 20.1. The van der Waals surface area contributed by atoms with E-state index >= 15 is 0 Å². The summed E-state index contributed by atoms with van der Waals surface area (Å²) in [7, 11) is 0. The third-order valence-corrected chi connectivity index (χ3v) is 6.44. The van der Waals surface area contributed by atoms with Crippen LogP contribution in [-0.2, 0) is 27.8 Å². The molecule has 2 aliphatic rings. The Hall–Kier alpha value is -2.33. The first-order chi connectivity index (χ1) is 14.2. The van der Waals surface area contributed by atoms with Crippen LogP contribution in [-0.4, -0.2) is 31.8 Å². The molecule has 1 saturated heterocycles. The van der Waals surface area contributed by atoms with Crippen LogP contribution in [0.3, 0.4) is 0 Å². The number of amides is 1. The van der Waals surface area contributed by atoms with Crippen LogP contribution >= 0.6 is 0 Å². The average molecular weight is 394 g/mol. The van der Waals surface area contributed by atoms with Crippen molar-refractivity contribution in [1.29, 1.82) is 0 Å². The van der Waals surface area contributed by atoms with Crippen LogP contribution < -0.4 is 10.1 Å². The molecule has 2 aromatic rings. The highest BCUT2D eigenvalue weighted by Gasteiger charge is 2.35. The summed E-state index contributed by atoms with van der Waals surface area (Å²) >= 11 is 0. The summed E-state index contributed by atoms with van der Waals surface area (Å²) in [6.45, 7) is 3.89. The number of rotatable bonds is 6. The molecule has 1 atom stereocenters. The van der Waals surface area contributed by atoms with Crippen molar-refractivity contribution >= 4 is 5.91 Å². The lowest BCUT2D eigenvalue weighted by Crippen LogP contribution is -2.47. The molecule has 154 valence electrons. The van der Waals surface area contributed by atoms with Crippen molar-refractivity contribution in [2.24, 2.45) is 0 Å². The van der Waals surface area contributed by atoms with Gasteiger partial charge in [0.05, 0.1) is 0 Å². The topological polar surface area (TPSA) is 47.6 Å². The molecule has 0 spiro atoms. The van der Waals surface area contributed by atoms with Crippen LogP contribution in [0, 0.1) is 0 Å². The molecule has 0 saturated carbocycles. The van der Waals surface area contributed by atoms with Gasteiger partial charge in [0.1, 0.15) is 5.75 Å². The zero-order valence-electron chi connectivity index (χ0n) is 17.3. The summed E-state index contributed by atoms with van der Waals surface area (Å²) in [4.78, 5) is 12.8. The van der Waals surface area contributed by atoms with Crippen molar-refractivity contribution in [1.82, 2.24) is 5.32 Å². The Morgan fingerprint density at radius 2 is 1.79 bits per heavy atom. The fraction of sp³-hybridized carbons (Fsp3) is 0.480. The van der Waals surface area contributed by atoms with Gasteiger partial charge in [-0.05, 0) is 74.3 Å². The van der Waals surface area contributed by atoms with E-state index in [0.29, 0.717) is 6.54 Å². The SMILES string of the molecule is CC(Oc1ccc2c(c1)CCCC2)C(=O)NCC1(c2ccccc2)CCOCC1. The maximum absolute atomic E-state index is 12.8. The van der Waals surface area contributed by atoms with E-state index in [1.54, 1.807) is 0 Å². The molecule has 1 fully saturated rings. The smallest absolute Gasteiger partial charge is 0.260 e. The second kappa shape index (κ2) is 9.00. The molecule has 1 aliphatic carbocycles. The van der Waals surface area contributed by atoms with E-state index in [4.69, 9.17) is 9.47 Å². The number of ether oxygens (including phenoxy) is 2. The van der Waals surface area contributed by atoms with Gasteiger partial charge in [-0.1, -0.05) is 36.4 Å². The van der Waals surface area contributed by atoms with Crippen molar-refractivity contribution in [2.75, 3.05) is 19.8 Å². The van der Waals surface area contributed by atoms with E-state index < -0.39 is 6.10 Å².